The average Bonchev–Trinajstić information content (AvgIpc) is 2.16. The molecule has 16 heavy (non-hydrogen) atoms. The summed E-state index contributed by atoms with van der Waals surface area (Å²) in [5.74, 6) is 0. The van der Waals surface area contributed by atoms with Crippen LogP contribution in [0.4, 0.5) is 0 Å². The molecule has 1 fully saturated rings. The second kappa shape index (κ2) is 5.78. The second-order valence-electron chi connectivity index (χ2n) is 5.47. The maximum atomic E-state index is 11.2. The molecule has 3 heteroatoms. The molecule has 1 rings (SSSR count). The van der Waals surface area contributed by atoms with Crippen LogP contribution in [0.1, 0.15) is 40.5 Å². The van der Waals surface area contributed by atoms with Gasteiger partial charge >= 0.3 is 0 Å². The van der Waals surface area contributed by atoms with Crippen molar-refractivity contribution in [3.63, 3.8) is 0 Å². The van der Waals surface area contributed by atoms with Crippen molar-refractivity contribution in [3.8, 4) is 0 Å². The number of morpholine rings is 1. The van der Waals surface area contributed by atoms with Gasteiger partial charge in [0, 0.05) is 25.0 Å². The lowest BCUT2D eigenvalue weighted by Crippen LogP contribution is -2.49. The minimum absolute atomic E-state index is 0.189. The molecular formula is C13H25NO2. The Labute approximate surface area is 99.1 Å². The van der Waals surface area contributed by atoms with Crippen molar-refractivity contribution in [3.05, 3.63) is 0 Å². The van der Waals surface area contributed by atoms with E-state index in [1.165, 1.54) is 0 Å². The van der Waals surface area contributed by atoms with Crippen molar-refractivity contribution in [2.24, 2.45) is 5.41 Å². The van der Waals surface area contributed by atoms with Crippen molar-refractivity contribution in [1.29, 1.82) is 0 Å². The number of carbonyl (C=O) groups excluding carboxylic acids is 1. The molecule has 0 bridgehead atoms. The van der Waals surface area contributed by atoms with Crippen molar-refractivity contribution in [2.75, 3.05) is 19.6 Å². The van der Waals surface area contributed by atoms with Crippen molar-refractivity contribution < 1.29 is 9.53 Å². The monoisotopic (exact) mass is 227 g/mol. The highest BCUT2D eigenvalue weighted by Crippen LogP contribution is 2.23. The number of hydrogen-bond acceptors (Lipinski definition) is 3. The van der Waals surface area contributed by atoms with E-state index in [0.717, 1.165) is 38.8 Å². The van der Waals surface area contributed by atoms with Crippen LogP contribution >= 0.6 is 0 Å². The molecule has 1 aliphatic heterocycles. The standard InChI is InChI=1S/C13H25NO2/c1-5-6-13(4,10-15)9-14-7-11(2)16-12(3)8-14/h10-12H,5-9H2,1-4H3/t11-,12+,13?. The van der Waals surface area contributed by atoms with Gasteiger partial charge in [-0.3, -0.25) is 4.90 Å². The first-order valence-electron chi connectivity index (χ1n) is 6.33. The molecule has 0 aromatic rings. The van der Waals surface area contributed by atoms with Crippen molar-refractivity contribution in [1.82, 2.24) is 4.90 Å². The molecule has 1 saturated heterocycles. The highest BCUT2D eigenvalue weighted by atomic mass is 16.5. The van der Waals surface area contributed by atoms with E-state index in [4.69, 9.17) is 4.74 Å². The van der Waals surface area contributed by atoms with Gasteiger partial charge in [-0.15, -0.1) is 0 Å². The Kier molecular flexibility index (Phi) is 4.93. The molecule has 0 N–H and O–H groups in total. The van der Waals surface area contributed by atoms with Gasteiger partial charge in [0.25, 0.3) is 0 Å². The van der Waals surface area contributed by atoms with E-state index in [0.29, 0.717) is 0 Å². The number of aldehydes is 1. The van der Waals surface area contributed by atoms with Crippen LogP contribution in [0.3, 0.4) is 0 Å². The van der Waals surface area contributed by atoms with Gasteiger partial charge in [-0.05, 0) is 20.3 Å². The lowest BCUT2D eigenvalue weighted by atomic mass is 9.86. The van der Waals surface area contributed by atoms with Crippen LogP contribution in [0.25, 0.3) is 0 Å². The molecule has 0 amide bonds. The Balaban J connectivity index is 2.54. The molecule has 1 aliphatic rings. The van der Waals surface area contributed by atoms with Gasteiger partial charge in [0.2, 0.25) is 0 Å². The van der Waals surface area contributed by atoms with E-state index in [-0.39, 0.29) is 17.6 Å². The molecule has 0 aromatic carbocycles. The maximum Gasteiger partial charge on any atom is 0.127 e. The predicted molar refractivity (Wildman–Crippen MR) is 65.5 cm³/mol. The first kappa shape index (κ1) is 13.7. The molecule has 0 saturated carbocycles. The van der Waals surface area contributed by atoms with Gasteiger partial charge in [-0.2, -0.15) is 0 Å². The highest BCUT2D eigenvalue weighted by molar-refractivity contribution is 5.59. The van der Waals surface area contributed by atoms with E-state index in [9.17, 15) is 4.79 Å². The van der Waals surface area contributed by atoms with Gasteiger partial charge in [-0.25, -0.2) is 0 Å². The zero-order valence-corrected chi connectivity index (χ0v) is 11.0. The summed E-state index contributed by atoms with van der Waals surface area (Å²) < 4.78 is 5.69. The predicted octanol–water partition coefficient (Wildman–Crippen LogP) is 2.10. The molecule has 1 unspecified atom stereocenters. The number of nitrogens with zero attached hydrogens (tertiary/aromatic N) is 1. The molecule has 0 spiro atoms. The average molecular weight is 227 g/mol. The summed E-state index contributed by atoms with van der Waals surface area (Å²) in [6.07, 6.45) is 3.71. The fraction of sp³-hybridized carbons (Fsp3) is 0.923. The van der Waals surface area contributed by atoms with Gasteiger partial charge in [0.1, 0.15) is 6.29 Å². The fourth-order valence-electron chi connectivity index (χ4n) is 2.67. The molecule has 1 heterocycles. The third-order valence-electron chi connectivity index (χ3n) is 3.19. The van der Waals surface area contributed by atoms with E-state index in [1.807, 2.05) is 0 Å². The number of ether oxygens (including phenoxy) is 1. The van der Waals surface area contributed by atoms with Crippen LogP contribution in [-0.2, 0) is 9.53 Å². The lowest BCUT2D eigenvalue weighted by Gasteiger charge is -2.39. The maximum absolute atomic E-state index is 11.2. The topological polar surface area (TPSA) is 29.5 Å². The Morgan fingerprint density at radius 3 is 2.38 bits per heavy atom. The molecular weight excluding hydrogens is 202 g/mol. The summed E-state index contributed by atoms with van der Waals surface area (Å²) in [4.78, 5) is 13.6. The largest absolute Gasteiger partial charge is 0.373 e. The molecule has 3 atom stereocenters. The SMILES string of the molecule is CCCC(C)(C=O)CN1C[C@@H](C)O[C@@H](C)C1. The smallest absolute Gasteiger partial charge is 0.127 e. The third kappa shape index (κ3) is 3.87. The fourth-order valence-corrected chi connectivity index (χ4v) is 2.67. The van der Waals surface area contributed by atoms with Crippen LogP contribution in [-0.4, -0.2) is 43.0 Å². The van der Waals surface area contributed by atoms with Crippen LogP contribution in [0.15, 0.2) is 0 Å². The summed E-state index contributed by atoms with van der Waals surface area (Å²) in [6.45, 7) is 11.1. The highest BCUT2D eigenvalue weighted by Gasteiger charge is 2.30. The molecule has 0 radical (unpaired) electrons. The van der Waals surface area contributed by atoms with Crippen LogP contribution in [0, 0.1) is 5.41 Å². The van der Waals surface area contributed by atoms with Crippen LogP contribution in [0.5, 0.6) is 0 Å². The minimum Gasteiger partial charge on any atom is -0.373 e. The van der Waals surface area contributed by atoms with E-state index in [1.54, 1.807) is 0 Å². The number of hydrogen-bond donors (Lipinski definition) is 0. The zero-order valence-electron chi connectivity index (χ0n) is 11.0. The second-order valence-corrected chi connectivity index (χ2v) is 5.47. The van der Waals surface area contributed by atoms with Gasteiger partial charge in [0.15, 0.2) is 0 Å². The summed E-state index contributed by atoms with van der Waals surface area (Å²) in [7, 11) is 0. The van der Waals surface area contributed by atoms with Gasteiger partial charge in [-0.1, -0.05) is 20.3 Å². The normalized spacial score (nSPS) is 31.0. The number of rotatable bonds is 5. The van der Waals surface area contributed by atoms with E-state index < -0.39 is 0 Å². The van der Waals surface area contributed by atoms with Crippen molar-refractivity contribution >= 4 is 6.29 Å². The van der Waals surface area contributed by atoms with E-state index >= 15 is 0 Å². The quantitative estimate of drug-likeness (QED) is 0.674. The van der Waals surface area contributed by atoms with Crippen LogP contribution < -0.4 is 0 Å². The first-order chi connectivity index (χ1) is 7.49. The van der Waals surface area contributed by atoms with Crippen LogP contribution in [0.2, 0.25) is 0 Å². The zero-order chi connectivity index (χ0) is 12.2. The summed E-state index contributed by atoms with van der Waals surface area (Å²) in [5, 5.41) is 0. The van der Waals surface area contributed by atoms with Gasteiger partial charge in [0.05, 0.1) is 12.2 Å². The molecule has 3 nitrogen and oxygen atoms in total. The number of carbonyl (C=O) groups is 1. The Morgan fingerprint density at radius 2 is 1.94 bits per heavy atom. The molecule has 0 aromatic heterocycles. The minimum atomic E-state index is -0.189. The summed E-state index contributed by atoms with van der Waals surface area (Å²) in [5.41, 5.74) is -0.189. The van der Waals surface area contributed by atoms with Crippen molar-refractivity contribution in [2.45, 2.75) is 52.7 Å². The third-order valence-corrected chi connectivity index (χ3v) is 3.19. The molecule has 94 valence electrons. The Morgan fingerprint density at radius 1 is 1.38 bits per heavy atom. The first-order valence-corrected chi connectivity index (χ1v) is 6.33. The summed E-state index contributed by atoms with van der Waals surface area (Å²) in [6, 6.07) is 0. The Hall–Kier alpha value is -0.410. The lowest BCUT2D eigenvalue weighted by molar-refractivity contribution is -0.120. The van der Waals surface area contributed by atoms with Gasteiger partial charge < -0.3 is 9.53 Å². The van der Waals surface area contributed by atoms with E-state index in [2.05, 4.69) is 32.6 Å². The summed E-state index contributed by atoms with van der Waals surface area (Å²) >= 11 is 0. The Bertz CT molecular complexity index is 222. The molecule has 0 aliphatic carbocycles.